The molecule has 0 bridgehead atoms. The molecule has 1 N–H and O–H groups in total. The van der Waals surface area contributed by atoms with E-state index in [2.05, 4.69) is 28.7 Å². The minimum absolute atomic E-state index is 0.949. The monoisotopic (exact) mass is 265 g/mol. The largest absolute Gasteiger partial charge is 0.334 e. The van der Waals surface area contributed by atoms with Gasteiger partial charge in [0.15, 0.2) is 0 Å². The van der Waals surface area contributed by atoms with Gasteiger partial charge >= 0.3 is 0 Å². The number of rotatable bonds is 12. The predicted molar refractivity (Wildman–Crippen MR) is 82.2 cm³/mol. The maximum Gasteiger partial charge on any atom is 0.0948 e. The molecule has 0 aromatic carbocycles. The van der Waals surface area contributed by atoms with E-state index in [0.717, 1.165) is 19.6 Å². The SMILES string of the molecule is CCCCCCCCCCNCc1cncn1CC. The van der Waals surface area contributed by atoms with Gasteiger partial charge in [0, 0.05) is 19.3 Å². The number of hydrogen-bond acceptors (Lipinski definition) is 2. The van der Waals surface area contributed by atoms with Crippen molar-refractivity contribution in [2.45, 2.75) is 78.3 Å². The Kier molecular flexibility index (Phi) is 9.42. The predicted octanol–water partition coefficient (Wildman–Crippen LogP) is 4.13. The van der Waals surface area contributed by atoms with Crippen LogP contribution in [-0.4, -0.2) is 16.1 Å². The Morgan fingerprint density at radius 1 is 1.00 bits per heavy atom. The van der Waals surface area contributed by atoms with Crippen LogP contribution in [0.1, 0.15) is 70.9 Å². The maximum atomic E-state index is 4.18. The van der Waals surface area contributed by atoms with Crippen LogP contribution in [-0.2, 0) is 13.1 Å². The topological polar surface area (TPSA) is 29.9 Å². The molecular formula is C16H31N3. The van der Waals surface area contributed by atoms with Crippen LogP contribution in [0.4, 0.5) is 0 Å². The van der Waals surface area contributed by atoms with E-state index in [1.54, 1.807) is 0 Å². The van der Waals surface area contributed by atoms with Gasteiger partial charge in [-0.1, -0.05) is 51.9 Å². The van der Waals surface area contributed by atoms with Crippen molar-refractivity contribution in [3.63, 3.8) is 0 Å². The Morgan fingerprint density at radius 2 is 1.68 bits per heavy atom. The second-order valence-corrected chi connectivity index (χ2v) is 5.32. The molecule has 3 heteroatoms. The smallest absolute Gasteiger partial charge is 0.0948 e. The van der Waals surface area contributed by atoms with Crippen molar-refractivity contribution in [3.8, 4) is 0 Å². The number of hydrogen-bond donors (Lipinski definition) is 1. The minimum atomic E-state index is 0.949. The number of unbranched alkanes of at least 4 members (excludes halogenated alkanes) is 7. The molecule has 0 fully saturated rings. The second kappa shape index (κ2) is 11.0. The van der Waals surface area contributed by atoms with Gasteiger partial charge < -0.3 is 9.88 Å². The van der Waals surface area contributed by atoms with Crippen molar-refractivity contribution in [1.29, 1.82) is 0 Å². The molecule has 0 radical (unpaired) electrons. The third-order valence-corrected chi connectivity index (χ3v) is 3.65. The van der Waals surface area contributed by atoms with Crippen molar-refractivity contribution < 1.29 is 0 Å². The highest BCUT2D eigenvalue weighted by Gasteiger charge is 1.98. The van der Waals surface area contributed by atoms with E-state index in [4.69, 9.17) is 0 Å². The van der Waals surface area contributed by atoms with Gasteiger partial charge in [0.25, 0.3) is 0 Å². The Morgan fingerprint density at radius 3 is 2.37 bits per heavy atom. The number of imidazole rings is 1. The minimum Gasteiger partial charge on any atom is -0.334 e. The fourth-order valence-electron chi connectivity index (χ4n) is 2.38. The fourth-order valence-corrected chi connectivity index (χ4v) is 2.38. The summed E-state index contributed by atoms with van der Waals surface area (Å²) in [7, 11) is 0. The van der Waals surface area contributed by atoms with Gasteiger partial charge in [0.2, 0.25) is 0 Å². The molecule has 0 unspecified atom stereocenters. The van der Waals surface area contributed by atoms with Gasteiger partial charge in [-0.05, 0) is 19.9 Å². The number of aryl methyl sites for hydroxylation is 1. The lowest BCUT2D eigenvalue weighted by molar-refractivity contribution is 0.548. The lowest BCUT2D eigenvalue weighted by Gasteiger charge is -2.07. The summed E-state index contributed by atoms with van der Waals surface area (Å²) in [5.41, 5.74) is 1.29. The third kappa shape index (κ3) is 7.36. The molecule has 19 heavy (non-hydrogen) atoms. The zero-order chi connectivity index (χ0) is 13.8. The molecule has 3 nitrogen and oxygen atoms in total. The standard InChI is InChI=1S/C16H31N3/c1-3-5-6-7-8-9-10-11-12-17-13-16-14-18-15-19(16)4-2/h14-15,17H,3-13H2,1-2H3. The van der Waals surface area contributed by atoms with Crippen LogP contribution >= 0.6 is 0 Å². The van der Waals surface area contributed by atoms with Crippen molar-refractivity contribution in [1.82, 2.24) is 14.9 Å². The van der Waals surface area contributed by atoms with E-state index in [1.165, 1.54) is 57.1 Å². The Hall–Kier alpha value is -0.830. The summed E-state index contributed by atoms with van der Waals surface area (Å²) in [4.78, 5) is 4.18. The lowest BCUT2D eigenvalue weighted by atomic mass is 10.1. The normalized spacial score (nSPS) is 11.1. The molecule has 0 aliphatic rings. The molecule has 1 aromatic rings. The summed E-state index contributed by atoms with van der Waals surface area (Å²) in [6, 6.07) is 0. The summed E-state index contributed by atoms with van der Waals surface area (Å²) in [6.45, 7) is 7.52. The molecule has 1 heterocycles. The molecule has 1 aromatic heterocycles. The van der Waals surface area contributed by atoms with Crippen molar-refractivity contribution >= 4 is 0 Å². The Labute approximate surface area is 118 Å². The highest BCUT2D eigenvalue weighted by molar-refractivity contribution is 4.97. The fraction of sp³-hybridized carbons (Fsp3) is 0.812. The van der Waals surface area contributed by atoms with Crippen LogP contribution in [0.2, 0.25) is 0 Å². The lowest BCUT2D eigenvalue weighted by Crippen LogP contribution is -2.17. The summed E-state index contributed by atoms with van der Waals surface area (Å²) in [6.07, 6.45) is 15.0. The first-order chi connectivity index (χ1) is 9.38. The van der Waals surface area contributed by atoms with Gasteiger partial charge in [-0.3, -0.25) is 0 Å². The summed E-state index contributed by atoms with van der Waals surface area (Å²) < 4.78 is 2.20. The van der Waals surface area contributed by atoms with Gasteiger partial charge in [-0.15, -0.1) is 0 Å². The first-order valence-electron chi connectivity index (χ1n) is 8.08. The third-order valence-electron chi connectivity index (χ3n) is 3.65. The molecule has 0 atom stereocenters. The molecule has 110 valence electrons. The Balaban J connectivity index is 1.89. The van der Waals surface area contributed by atoms with Crippen LogP contribution in [0.3, 0.4) is 0 Å². The molecule has 0 aliphatic carbocycles. The summed E-state index contributed by atoms with van der Waals surface area (Å²) in [5, 5.41) is 3.51. The number of nitrogens with zero attached hydrogens (tertiary/aromatic N) is 2. The van der Waals surface area contributed by atoms with E-state index in [1.807, 2.05) is 12.5 Å². The number of aromatic nitrogens is 2. The highest BCUT2D eigenvalue weighted by atomic mass is 15.1. The maximum absolute atomic E-state index is 4.18. The molecule has 1 rings (SSSR count). The van der Waals surface area contributed by atoms with Crippen molar-refractivity contribution in [2.75, 3.05) is 6.54 Å². The van der Waals surface area contributed by atoms with Crippen LogP contribution in [0.5, 0.6) is 0 Å². The first-order valence-corrected chi connectivity index (χ1v) is 8.08. The average Bonchev–Trinajstić information content (AvgIpc) is 2.88. The number of nitrogens with one attached hydrogen (secondary N) is 1. The van der Waals surface area contributed by atoms with Crippen LogP contribution < -0.4 is 5.32 Å². The van der Waals surface area contributed by atoms with Crippen molar-refractivity contribution in [3.05, 3.63) is 18.2 Å². The van der Waals surface area contributed by atoms with Crippen LogP contribution in [0.25, 0.3) is 0 Å². The zero-order valence-corrected chi connectivity index (χ0v) is 12.8. The van der Waals surface area contributed by atoms with E-state index in [0.29, 0.717) is 0 Å². The average molecular weight is 265 g/mol. The summed E-state index contributed by atoms with van der Waals surface area (Å²) >= 11 is 0. The van der Waals surface area contributed by atoms with Crippen LogP contribution in [0, 0.1) is 0 Å². The van der Waals surface area contributed by atoms with Gasteiger partial charge in [0.1, 0.15) is 0 Å². The molecule has 0 saturated heterocycles. The summed E-state index contributed by atoms with van der Waals surface area (Å²) in [5.74, 6) is 0. The second-order valence-electron chi connectivity index (χ2n) is 5.32. The van der Waals surface area contributed by atoms with Gasteiger partial charge in [-0.25, -0.2) is 4.98 Å². The zero-order valence-electron chi connectivity index (χ0n) is 12.8. The molecule has 0 saturated carbocycles. The van der Waals surface area contributed by atoms with E-state index in [9.17, 15) is 0 Å². The van der Waals surface area contributed by atoms with E-state index < -0.39 is 0 Å². The van der Waals surface area contributed by atoms with Gasteiger partial charge in [0.05, 0.1) is 12.0 Å². The highest BCUT2D eigenvalue weighted by Crippen LogP contribution is 2.08. The van der Waals surface area contributed by atoms with Crippen molar-refractivity contribution in [2.24, 2.45) is 0 Å². The van der Waals surface area contributed by atoms with Gasteiger partial charge in [-0.2, -0.15) is 0 Å². The molecular weight excluding hydrogens is 234 g/mol. The first kappa shape index (κ1) is 16.2. The van der Waals surface area contributed by atoms with Crippen LogP contribution in [0.15, 0.2) is 12.5 Å². The van der Waals surface area contributed by atoms with E-state index in [-0.39, 0.29) is 0 Å². The Bertz CT molecular complexity index is 307. The molecule has 0 aliphatic heterocycles. The quantitative estimate of drug-likeness (QED) is 0.576. The molecule has 0 spiro atoms. The van der Waals surface area contributed by atoms with E-state index >= 15 is 0 Å². The molecule has 0 amide bonds.